The monoisotopic (exact) mass is 306 g/mol. The Labute approximate surface area is 130 Å². The number of carbonyl (C=O) groups is 1. The van der Waals surface area contributed by atoms with Crippen LogP contribution in [-0.2, 0) is 4.79 Å². The van der Waals surface area contributed by atoms with Crippen molar-refractivity contribution < 1.29 is 14.3 Å². The molecule has 0 saturated carbocycles. The van der Waals surface area contributed by atoms with Crippen molar-refractivity contribution >= 4 is 5.91 Å². The van der Waals surface area contributed by atoms with Gasteiger partial charge in [0.25, 0.3) is 5.91 Å². The summed E-state index contributed by atoms with van der Waals surface area (Å²) in [6.07, 6.45) is 1.18. The lowest BCUT2D eigenvalue weighted by Crippen LogP contribution is -2.50. The summed E-state index contributed by atoms with van der Waals surface area (Å²) in [7, 11) is 0. The van der Waals surface area contributed by atoms with Crippen LogP contribution in [-0.4, -0.2) is 47.8 Å². The van der Waals surface area contributed by atoms with Crippen LogP contribution < -0.4 is 5.32 Å². The number of alkyl halides is 1. The normalized spacial score (nSPS) is 27.8. The van der Waals surface area contributed by atoms with Crippen molar-refractivity contribution in [3.05, 3.63) is 35.9 Å². The van der Waals surface area contributed by atoms with Gasteiger partial charge in [0.05, 0.1) is 6.10 Å². The maximum Gasteiger partial charge on any atom is 0.261 e. The van der Waals surface area contributed by atoms with Crippen LogP contribution in [0.3, 0.4) is 0 Å². The Morgan fingerprint density at radius 2 is 2.00 bits per heavy atom. The van der Waals surface area contributed by atoms with Crippen molar-refractivity contribution in [2.75, 3.05) is 26.2 Å². The number of aliphatic hydroxyl groups excluding tert-OH is 1. The number of piperidine rings is 1. The molecule has 1 aromatic carbocycles. The molecule has 22 heavy (non-hydrogen) atoms. The van der Waals surface area contributed by atoms with Gasteiger partial charge in [-0.3, -0.25) is 4.79 Å². The molecule has 1 aromatic rings. The molecule has 5 heteroatoms. The van der Waals surface area contributed by atoms with Gasteiger partial charge >= 0.3 is 0 Å². The van der Waals surface area contributed by atoms with Gasteiger partial charge in [0.15, 0.2) is 0 Å². The maximum absolute atomic E-state index is 14.5. The second kappa shape index (κ2) is 6.34. The van der Waals surface area contributed by atoms with Crippen LogP contribution in [0.25, 0.3) is 0 Å². The van der Waals surface area contributed by atoms with Crippen molar-refractivity contribution in [2.24, 2.45) is 5.92 Å². The number of carbonyl (C=O) groups excluding carboxylic acids is 1. The number of nitrogens with zero attached hydrogens (tertiary/aromatic N) is 1. The highest BCUT2D eigenvalue weighted by Gasteiger charge is 2.45. The van der Waals surface area contributed by atoms with E-state index in [2.05, 4.69) is 5.32 Å². The standard InChI is InChI=1S/C17H23FN2O2/c18-17(8-9-19-12-17)16(22)20-10-6-14(7-11-20)15(21)13-4-2-1-3-5-13/h1-5,14-15,19,21H,6-12H2. The van der Waals surface area contributed by atoms with Crippen LogP contribution in [0.1, 0.15) is 30.9 Å². The van der Waals surface area contributed by atoms with Gasteiger partial charge in [-0.05, 0) is 30.9 Å². The first kappa shape index (κ1) is 15.4. The van der Waals surface area contributed by atoms with Crippen molar-refractivity contribution in [1.82, 2.24) is 10.2 Å². The molecule has 0 aliphatic carbocycles. The van der Waals surface area contributed by atoms with Crippen molar-refractivity contribution in [2.45, 2.75) is 31.0 Å². The van der Waals surface area contributed by atoms with Gasteiger partial charge in [0.2, 0.25) is 5.67 Å². The summed E-state index contributed by atoms with van der Waals surface area (Å²) in [5.41, 5.74) is -0.820. The number of hydrogen-bond donors (Lipinski definition) is 2. The number of likely N-dealkylation sites (tertiary alicyclic amines) is 1. The molecule has 2 heterocycles. The van der Waals surface area contributed by atoms with E-state index in [0.717, 1.165) is 5.56 Å². The molecule has 4 nitrogen and oxygen atoms in total. The van der Waals surface area contributed by atoms with E-state index >= 15 is 0 Å². The molecule has 0 spiro atoms. The molecular weight excluding hydrogens is 283 g/mol. The summed E-state index contributed by atoms with van der Waals surface area (Å²) >= 11 is 0. The van der Waals surface area contributed by atoms with Crippen molar-refractivity contribution in [3.63, 3.8) is 0 Å². The zero-order valence-electron chi connectivity index (χ0n) is 12.7. The van der Waals surface area contributed by atoms with E-state index in [0.29, 0.717) is 32.5 Å². The first-order valence-corrected chi connectivity index (χ1v) is 8.02. The molecule has 2 unspecified atom stereocenters. The second-order valence-corrected chi connectivity index (χ2v) is 6.38. The van der Waals surface area contributed by atoms with Gasteiger partial charge in [-0.25, -0.2) is 4.39 Å². The fraction of sp³-hybridized carbons (Fsp3) is 0.588. The lowest BCUT2D eigenvalue weighted by Gasteiger charge is -2.36. The van der Waals surface area contributed by atoms with E-state index in [1.165, 1.54) is 0 Å². The SMILES string of the molecule is O=C(N1CCC(C(O)c2ccccc2)CC1)C1(F)CCNC1. The molecule has 1 amide bonds. The highest BCUT2D eigenvalue weighted by Crippen LogP contribution is 2.32. The smallest absolute Gasteiger partial charge is 0.261 e. The van der Waals surface area contributed by atoms with Crippen LogP contribution in [0.5, 0.6) is 0 Å². The Hall–Kier alpha value is -1.46. The van der Waals surface area contributed by atoms with Crippen LogP contribution in [0.4, 0.5) is 4.39 Å². The minimum absolute atomic E-state index is 0.123. The minimum atomic E-state index is -1.73. The van der Waals surface area contributed by atoms with Gasteiger partial charge in [0, 0.05) is 26.1 Å². The highest BCUT2D eigenvalue weighted by molar-refractivity contribution is 5.86. The molecule has 3 rings (SSSR count). The lowest BCUT2D eigenvalue weighted by molar-refractivity contribution is -0.144. The molecule has 2 saturated heterocycles. The molecule has 0 aromatic heterocycles. The van der Waals surface area contributed by atoms with Crippen LogP contribution >= 0.6 is 0 Å². The lowest BCUT2D eigenvalue weighted by atomic mass is 9.87. The summed E-state index contributed by atoms with van der Waals surface area (Å²) in [6, 6.07) is 9.59. The van der Waals surface area contributed by atoms with Crippen LogP contribution in [0, 0.1) is 5.92 Å². The average Bonchev–Trinajstić information content (AvgIpc) is 3.02. The number of hydrogen-bond acceptors (Lipinski definition) is 3. The average molecular weight is 306 g/mol. The van der Waals surface area contributed by atoms with Crippen molar-refractivity contribution in [1.29, 1.82) is 0 Å². The van der Waals surface area contributed by atoms with Gasteiger partial charge in [0.1, 0.15) is 0 Å². The predicted octanol–water partition coefficient (Wildman–Crippen LogP) is 1.66. The molecule has 2 fully saturated rings. The molecule has 0 bridgehead atoms. The maximum atomic E-state index is 14.5. The topological polar surface area (TPSA) is 52.6 Å². The van der Waals surface area contributed by atoms with Crippen molar-refractivity contribution in [3.8, 4) is 0 Å². The fourth-order valence-corrected chi connectivity index (χ4v) is 3.47. The molecule has 0 radical (unpaired) electrons. The Kier molecular flexibility index (Phi) is 4.45. The van der Waals surface area contributed by atoms with E-state index in [1.54, 1.807) is 4.90 Å². The summed E-state index contributed by atoms with van der Waals surface area (Å²) in [5.74, 6) is -0.256. The van der Waals surface area contributed by atoms with Gasteiger partial charge in [-0.1, -0.05) is 30.3 Å². The van der Waals surface area contributed by atoms with Crippen LogP contribution in [0.2, 0.25) is 0 Å². The Balaban J connectivity index is 1.57. The van der Waals surface area contributed by atoms with Gasteiger partial charge in [-0.2, -0.15) is 0 Å². The number of rotatable bonds is 3. The first-order valence-electron chi connectivity index (χ1n) is 8.02. The Bertz CT molecular complexity index is 509. The van der Waals surface area contributed by atoms with Crippen LogP contribution in [0.15, 0.2) is 30.3 Å². The number of halogens is 1. The highest BCUT2D eigenvalue weighted by atomic mass is 19.1. The number of amides is 1. The quantitative estimate of drug-likeness (QED) is 0.893. The zero-order chi connectivity index (χ0) is 15.6. The third-order valence-corrected chi connectivity index (χ3v) is 4.90. The molecular formula is C17H23FN2O2. The first-order chi connectivity index (χ1) is 10.6. The summed E-state index contributed by atoms with van der Waals surface area (Å²) in [4.78, 5) is 13.9. The van der Waals surface area contributed by atoms with E-state index in [1.807, 2.05) is 30.3 Å². The largest absolute Gasteiger partial charge is 0.388 e. The Morgan fingerprint density at radius 3 is 2.59 bits per heavy atom. The number of benzene rings is 1. The van der Waals surface area contributed by atoms with E-state index in [9.17, 15) is 14.3 Å². The third kappa shape index (κ3) is 3.01. The summed E-state index contributed by atoms with van der Waals surface area (Å²) < 4.78 is 14.5. The summed E-state index contributed by atoms with van der Waals surface area (Å²) in [6.45, 7) is 1.74. The fourth-order valence-electron chi connectivity index (χ4n) is 3.47. The zero-order valence-corrected chi connectivity index (χ0v) is 12.7. The Morgan fingerprint density at radius 1 is 1.32 bits per heavy atom. The molecule has 2 aliphatic rings. The molecule has 2 N–H and O–H groups in total. The molecule has 2 atom stereocenters. The van der Waals surface area contributed by atoms with E-state index < -0.39 is 11.8 Å². The van der Waals surface area contributed by atoms with E-state index in [4.69, 9.17) is 0 Å². The number of nitrogens with one attached hydrogen (secondary N) is 1. The minimum Gasteiger partial charge on any atom is -0.388 e. The molecule has 120 valence electrons. The molecule has 2 aliphatic heterocycles. The second-order valence-electron chi connectivity index (χ2n) is 6.38. The van der Waals surface area contributed by atoms with Gasteiger partial charge in [-0.15, -0.1) is 0 Å². The third-order valence-electron chi connectivity index (χ3n) is 4.90. The summed E-state index contributed by atoms with van der Waals surface area (Å²) in [5, 5.41) is 13.4. The number of aliphatic hydroxyl groups is 1. The van der Waals surface area contributed by atoms with Gasteiger partial charge < -0.3 is 15.3 Å². The van der Waals surface area contributed by atoms with E-state index in [-0.39, 0.29) is 24.8 Å². The predicted molar refractivity (Wildman–Crippen MR) is 82.0 cm³/mol.